The van der Waals surface area contributed by atoms with Crippen molar-refractivity contribution in [3.63, 3.8) is 0 Å². The molecule has 0 atom stereocenters. The molecule has 54 valence electrons. The fourth-order valence-electron chi connectivity index (χ4n) is 0.660. The van der Waals surface area contributed by atoms with E-state index in [-0.39, 0.29) is 0 Å². The highest BCUT2D eigenvalue weighted by Gasteiger charge is 1.96. The molecule has 1 aromatic rings. The normalized spacial score (nSPS) is 9.40. The SMILES string of the molecule is CNc1cnncc1SC. The highest BCUT2D eigenvalue weighted by Crippen LogP contribution is 2.21. The van der Waals surface area contributed by atoms with Gasteiger partial charge in [0, 0.05) is 7.05 Å². The van der Waals surface area contributed by atoms with Gasteiger partial charge < -0.3 is 5.32 Å². The molecule has 1 heterocycles. The van der Waals surface area contributed by atoms with Crippen LogP contribution in [0, 0.1) is 0 Å². The van der Waals surface area contributed by atoms with Crippen molar-refractivity contribution in [3.8, 4) is 0 Å². The van der Waals surface area contributed by atoms with E-state index in [0.29, 0.717) is 0 Å². The molecule has 0 aliphatic rings. The first kappa shape index (κ1) is 7.34. The number of anilines is 1. The zero-order valence-electron chi connectivity index (χ0n) is 5.96. The molecule has 1 rings (SSSR count). The van der Waals surface area contributed by atoms with Crippen molar-refractivity contribution in [2.75, 3.05) is 18.6 Å². The van der Waals surface area contributed by atoms with Crippen molar-refractivity contribution < 1.29 is 0 Å². The molecular weight excluding hydrogens is 146 g/mol. The van der Waals surface area contributed by atoms with Crippen LogP contribution in [0.2, 0.25) is 0 Å². The van der Waals surface area contributed by atoms with E-state index >= 15 is 0 Å². The second-order valence-corrected chi connectivity index (χ2v) is 2.57. The number of thioether (sulfide) groups is 1. The molecular formula is C6H9N3S. The van der Waals surface area contributed by atoms with Gasteiger partial charge in [0.05, 0.1) is 23.0 Å². The van der Waals surface area contributed by atoms with E-state index in [4.69, 9.17) is 0 Å². The monoisotopic (exact) mass is 155 g/mol. The van der Waals surface area contributed by atoms with Crippen molar-refractivity contribution in [2.45, 2.75) is 4.90 Å². The molecule has 1 aromatic heterocycles. The average molecular weight is 155 g/mol. The largest absolute Gasteiger partial charge is 0.386 e. The molecule has 0 fully saturated rings. The smallest absolute Gasteiger partial charge is 0.0739 e. The molecule has 0 aliphatic carbocycles. The minimum Gasteiger partial charge on any atom is -0.386 e. The van der Waals surface area contributed by atoms with E-state index < -0.39 is 0 Å². The molecule has 0 aromatic carbocycles. The van der Waals surface area contributed by atoms with Gasteiger partial charge in [0.15, 0.2) is 0 Å². The third kappa shape index (κ3) is 1.39. The first-order chi connectivity index (χ1) is 4.88. The fourth-order valence-corrected chi connectivity index (χ4v) is 1.19. The Kier molecular flexibility index (Phi) is 2.50. The van der Waals surface area contributed by atoms with Gasteiger partial charge in [-0.1, -0.05) is 0 Å². The van der Waals surface area contributed by atoms with Crippen molar-refractivity contribution in [1.82, 2.24) is 10.2 Å². The second kappa shape index (κ2) is 3.41. The summed E-state index contributed by atoms with van der Waals surface area (Å²) in [5, 5.41) is 10.5. The highest BCUT2D eigenvalue weighted by molar-refractivity contribution is 7.98. The summed E-state index contributed by atoms with van der Waals surface area (Å²) in [7, 11) is 1.87. The Labute approximate surface area is 64.2 Å². The third-order valence-electron chi connectivity index (χ3n) is 1.18. The molecule has 0 bridgehead atoms. The predicted octanol–water partition coefficient (Wildman–Crippen LogP) is 1.24. The summed E-state index contributed by atoms with van der Waals surface area (Å²) < 4.78 is 0. The average Bonchev–Trinajstić information content (AvgIpc) is 2.04. The molecule has 0 radical (unpaired) electrons. The summed E-state index contributed by atoms with van der Waals surface area (Å²) in [6.07, 6.45) is 5.47. The maximum Gasteiger partial charge on any atom is 0.0739 e. The topological polar surface area (TPSA) is 37.8 Å². The Morgan fingerprint density at radius 2 is 2.10 bits per heavy atom. The van der Waals surface area contributed by atoms with Gasteiger partial charge in [-0.15, -0.1) is 11.8 Å². The van der Waals surface area contributed by atoms with Crippen molar-refractivity contribution in [3.05, 3.63) is 12.4 Å². The van der Waals surface area contributed by atoms with Gasteiger partial charge in [-0.25, -0.2) is 0 Å². The van der Waals surface area contributed by atoms with Gasteiger partial charge in [-0.2, -0.15) is 10.2 Å². The summed E-state index contributed by atoms with van der Waals surface area (Å²) in [6.45, 7) is 0. The molecule has 0 spiro atoms. The van der Waals surface area contributed by atoms with Gasteiger partial charge in [0.1, 0.15) is 0 Å². The molecule has 1 N–H and O–H groups in total. The Bertz CT molecular complexity index is 191. The Balaban J connectivity index is 2.96. The molecule has 3 nitrogen and oxygen atoms in total. The standard InChI is InChI=1S/C6H9N3S/c1-7-5-3-8-9-4-6(5)10-2/h3-4H,1-2H3,(H,7,9). The van der Waals surface area contributed by atoms with Crippen LogP contribution < -0.4 is 5.32 Å². The van der Waals surface area contributed by atoms with Gasteiger partial charge in [0.25, 0.3) is 0 Å². The predicted molar refractivity (Wildman–Crippen MR) is 43.4 cm³/mol. The first-order valence-electron chi connectivity index (χ1n) is 2.91. The van der Waals surface area contributed by atoms with E-state index in [1.807, 2.05) is 13.3 Å². The Hall–Kier alpha value is -0.770. The lowest BCUT2D eigenvalue weighted by Crippen LogP contribution is -1.92. The minimum atomic E-state index is 1.03. The zero-order valence-corrected chi connectivity index (χ0v) is 6.77. The quantitative estimate of drug-likeness (QED) is 0.652. The van der Waals surface area contributed by atoms with Crippen LogP contribution in [-0.4, -0.2) is 23.5 Å². The summed E-state index contributed by atoms with van der Waals surface area (Å²) in [5.41, 5.74) is 1.03. The number of hydrogen-bond donors (Lipinski definition) is 1. The summed E-state index contributed by atoms with van der Waals surface area (Å²) in [6, 6.07) is 0. The number of aromatic nitrogens is 2. The maximum absolute atomic E-state index is 3.75. The van der Waals surface area contributed by atoms with Crippen LogP contribution in [0.15, 0.2) is 17.3 Å². The summed E-state index contributed by atoms with van der Waals surface area (Å²) in [5.74, 6) is 0. The van der Waals surface area contributed by atoms with Gasteiger partial charge in [0.2, 0.25) is 0 Å². The lowest BCUT2D eigenvalue weighted by molar-refractivity contribution is 0.998. The maximum atomic E-state index is 3.75. The number of hydrogen-bond acceptors (Lipinski definition) is 4. The van der Waals surface area contributed by atoms with Crippen LogP contribution in [0.3, 0.4) is 0 Å². The van der Waals surface area contributed by atoms with Crippen molar-refractivity contribution in [2.24, 2.45) is 0 Å². The van der Waals surface area contributed by atoms with Crippen LogP contribution in [-0.2, 0) is 0 Å². The van der Waals surface area contributed by atoms with Crippen LogP contribution in [0.5, 0.6) is 0 Å². The number of nitrogens with zero attached hydrogens (tertiary/aromatic N) is 2. The van der Waals surface area contributed by atoms with Crippen molar-refractivity contribution >= 4 is 17.4 Å². The van der Waals surface area contributed by atoms with E-state index in [1.165, 1.54) is 0 Å². The zero-order chi connectivity index (χ0) is 7.40. The molecule has 0 saturated heterocycles. The van der Waals surface area contributed by atoms with E-state index in [1.54, 1.807) is 24.2 Å². The second-order valence-electron chi connectivity index (χ2n) is 1.72. The van der Waals surface area contributed by atoms with Gasteiger partial charge in [-0.3, -0.25) is 0 Å². The molecule has 0 aliphatic heterocycles. The van der Waals surface area contributed by atoms with E-state index in [2.05, 4.69) is 15.5 Å². The summed E-state index contributed by atoms with van der Waals surface area (Å²) >= 11 is 1.65. The Morgan fingerprint density at radius 3 is 2.60 bits per heavy atom. The fraction of sp³-hybridized carbons (Fsp3) is 0.333. The van der Waals surface area contributed by atoms with Crippen LogP contribution in [0.4, 0.5) is 5.69 Å². The van der Waals surface area contributed by atoms with Gasteiger partial charge in [-0.05, 0) is 6.26 Å². The van der Waals surface area contributed by atoms with E-state index in [9.17, 15) is 0 Å². The highest BCUT2D eigenvalue weighted by atomic mass is 32.2. The molecule has 0 saturated carbocycles. The molecule has 0 unspecified atom stereocenters. The van der Waals surface area contributed by atoms with Crippen molar-refractivity contribution in [1.29, 1.82) is 0 Å². The lowest BCUT2D eigenvalue weighted by atomic mass is 10.5. The lowest BCUT2D eigenvalue weighted by Gasteiger charge is -2.02. The van der Waals surface area contributed by atoms with Crippen LogP contribution in [0.1, 0.15) is 0 Å². The van der Waals surface area contributed by atoms with Crippen LogP contribution >= 0.6 is 11.8 Å². The third-order valence-corrected chi connectivity index (χ3v) is 1.95. The summed E-state index contributed by atoms with van der Waals surface area (Å²) in [4.78, 5) is 1.12. The first-order valence-corrected chi connectivity index (χ1v) is 4.13. The minimum absolute atomic E-state index is 1.03. The molecule has 4 heteroatoms. The molecule has 10 heavy (non-hydrogen) atoms. The molecule has 0 amide bonds. The Morgan fingerprint density at radius 1 is 1.40 bits per heavy atom. The van der Waals surface area contributed by atoms with E-state index in [0.717, 1.165) is 10.6 Å². The van der Waals surface area contributed by atoms with Crippen LogP contribution in [0.25, 0.3) is 0 Å². The number of nitrogens with one attached hydrogen (secondary N) is 1. The number of rotatable bonds is 2. The van der Waals surface area contributed by atoms with Gasteiger partial charge >= 0.3 is 0 Å².